The molecule has 2 aliphatic heterocycles. The number of fused-ring (bicyclic) bond motifs is 1. The van der Waals surface area contributed by atoms with Crippen LogP contribution in [0, 0.1) is 11.8 Å². The van der Waals surface area contributed by atoms with E-state index in [-0.39, 0.29) is 10.8 Å². The van der Waals surface area contributed by atoms with Crippen LogP contribution >= 0.6 is 11.6 Å². The Hall–Kier alpha value is -1.11. The third-order valence-corrected chi connectivity index (χ3v) is 6.10. The quantitative estimate of drug-likeness (QED) is 0.891. The average molecular weight is 329 g/mol. The molecule has 0 aromatic heterocycles. The molecule has 0 bridgehead atoms. The summed E-state index contributed by atoms with van der Waals surface area (Å²) < 4.78 is 24.5. The molecular formula is C14H17ClN2O3S. The van der Waals surface area contributed by atoms with Gasteiger partial charge in [-0.15, -0.1) is 0 Å². The number of hydrogen-bond donors (Lipinski definition) is 1. The molecule has 1 N–H and O–H groups in total. The van der Waals surface area contributed by atoms with Gasteiger partial charge in [-0.05, 0) is 36.1 Å². The van der Waals surface area contributed by atoms with E-state index >= 15 is 0 Å². The number of hydrogen-bond acceptors (Lipinski definition) is 4. The summed E-state index contributed by atoms with van der Waals surface area (Å²) in [7, 11) is -3.60. The lowest BCUT2D eigenvalue weighted by Gasteiger charge is -2.17. The minimum atomic E-state index is -3.60. The Kier molecular flexibility index (Phi) is 3.94. The number of rotatable bonds is 3. The van der Waals surface area contributed by atoms with Crippen LogP contribution in [0.2, 0.25) is 5.02 Å². The lowest BCUT2D eigenvalue weighted by molar-refractivity contribution is -0.127. The highest BCUT2D eigenvalue weighted by Gasteiger charge is 2.38. The van der Waals surface area contributed by atoms with Gasteiger partial charge in [-0.2, -0.15) is 0 Å². The number of nitrogens with one attached hydrogen (secondary N) is 1. The number of halogens is 1. The van der Waals surface area contributed by atoms with Crippen LogP contribution < -0.4 is 5.32 Å². The molecule has 0 radical (unpaired) electrons. The summed E-state index contributed by atoms with van der Waals surface area (Å²) >= 11 is 5.75. The van der Waals surface area contributed by atoms with E-state index in [4.69, 9.17) is 11.6 Å². The Morgan fingerprint density at radius 1 is 1.19 bits per heavy atom. The highest BCUT2D eigenvalue weighted by molar-refractivity contribution is 7.92. The van der Waals surface area contributed by atoms with Gasteiger partial charge in [0.15, 0.2) is 9.84 Å². The normalized spacial score (nSPS) is 25.1. The van der Waals surface area contributed by atoms with Gasteiger partial charge in [0.1, 0.15) is 5.75 Å². The molecule has 5 nitrogen and oxygen atoms in total. The molecule has 2 aliphatic rings. The Morgan fingerprint density at radius 2 is 1.76 bits per heavy atom. The third-order valence-electron chi connectivity index (χ3n) is 4.23. The van der Waals surface area contributed by atoms with Gasteiger partial charge >= 0.3 is 0 Å². The van der Waals surface area contributed by atoms with Gasteiger partial charge < -0.3 is 10.2 Å². The fraction of sp³-hybridized carbons (Fsp3) is 0.500. The van der Waals surface area contributed by atoms with Crippen LogP contribution in [0.4, 0.5) is 0 Å². The van der Waals surface area contributed by atoms with Gasteiger partial charge in [-0.3, -0.25) is 4.79 Å². The molecule has 1 amide bonds. The van der Waals surface area contributed by atoms with Crippen molar-refractivity contribution in [2.75, 3.05) is 31.9 Å². The summed E-state index contributed by atoms with van der Waals surface area (Å²) in [6, 6.07) is 5.91. The van der Waals surface area contributed by atoms with E-state index in [1.807, 2.05) is 0 Å². The molecule has 1 aromatic rings. The number of nitrogens with zero attached hydrogens (tertiary/aromatic N) is 1. The Labute approximate surface area is 129 Å². The van der Waals surface area contributed by atoms with Crippen molar-refractivity contribution in [3.05, 3.63) is 29.3 Å². The number of carbonyl (C=O) groups excluding carboxylic acids is 1. The largest absolute Gasteiger partial charge is 0.341 e. The van der Waals surface area contributed by atoms with Crippen molar-refractivity contribution in [1.82, 2.24) is 10.2 Å². The molecule has 114 valence electrons. The average Bonchev–Trinajstić information content (AvgIpc) is 2.99. The third kappa shape index (κ3) is 3.07. The Bertz CT molecular complexity index is 633. The van der Waals surface area contributed by atoms with E-state index in [0.717, 1.165) is 13.1 Å². The van der Waals surface area contributed by atoms with E-state index in [1.165, 1.54) is 24.3 Å². The number of sulfone groups is 1. The Balaban J connectivity index is 1.68. The maximum atomic E-state index is 12.3. The minimum Gasteiger partial charge on any atom is -0.341 e. The molecule has 3 rings (SSSR count). The van der Waals surface area contributed by atoms with Crippen LogP contribution in [0.1, 0.15) is 0 Å². The second-order valence-electron chi connectivity index (χ2n) is 5.69. The van der Waals surface area contributed by atoms with Crippen molar-refractivity contribution in [2.45, 2.75) is 4.90 Å². The van der Waals surface area contributed by atoms with Crippen molar-refractivity contribution in [2.24, 2.45) is 11.8 Å². The molecule has 2 fully saturated rings. The molecule has 1 aromatic carbocycles. The topological polar surface area (TPSA) is 66.5 Å². The van der Waals surface area contributed by atoms with Gasteiger partial charge in [0.2, 0.25) is 5.91 Å². The van der Waals surface area contributed by atoms with E-state index in [1.54, 1.807) is 4.90 Å². The smallest absolute Gasteiger partial charge is 0.238 e. The molecule has 0 unspecified atom stereocenters. The van der Waals surface area contributed by atoms with E-state index in [0.29, 0.717) is 29.9 Å². The lowest BCUT2D eigenvalue weighted by atomic mass is 10.0. The summed E-state index contributed by atoms with van der Waals surface area (Å²) in [5.41, 5.74) is 0. The van der Waals surface area contributed by atoms with Crippen LogP contribution in [0.5, 0.6) is 0 Å². The first-order chi connectivity index (χ1) is 9.95. The number of benzene rings is 1. The predicted octanol–water partition coefficient (Wildman–Crippen LogP) is 0.792. The summed E-state index contributed by atoms with van der Waals surface area (Å²) in [5.74, 6) is 0.153. The van der Waals surface area contributed by atoms with Crippen molar-refractivity contribution in [1.29, 1.82) is 0 Å². The van der Waals surface area contributed by atoms with Crippen LogP contribution in [-0.4, -0.2) is 51.2 Å². The van der Waals surface area contributed by atoms with Gasteiger partial charge in [0, 0.05) is 31.2 Å². The fourth-order valence-corrected chi connectivity index (χ4v) is 4.39. The SMILES string of the molecule is O=C(CS(=O)(=O)c1ccc(Cl)cc1)N1C[C@H]2CNC[C@H]2C1. The fourth-order valence-electron chi connectivity index (χ4n) is 3.04. The second kappa shape index (κ2) is 5.59. The van der Waals surface area contributed by atoms with E-state index < -0.39 is 15.6 Å². The van der Waals surface area contributed by atoms with Gasteiger partial charge in [-0.25, -0.2) is 8.42 Å². The molecule has 2 heterocycles. The summed E-state index contributed by atoms with van der Waals surface area (Å²) in [6.07, 6.45) is 0. The highest BCUT2D eigenvalue weighted by atomic mass is 35.5. The van der Waals surface area contributed by atoms with Gasteiger partial charge in [0.25, 0.3) is 0 Å². The van der Waals surface area contributed by atoms with Crippen molar-refractivity contribution in [3.8, 4) is 0 Å². The zero-order chi connectivity index (χ0) is 15.0. The Morgan fingerprint density at radius 3 is 2.33 bits per heavy atom. The standard InChI is InChI=1S/C14H17ClN2O3S/c15-12-1-3-13(4-2-12)21(19,20)9-14(18)17-7-10-5-16-6-11(10)8-17/h1-4,10-11,16H,5-9H2/t10-,11+. The van der Waals surface area contributed by atoms with Crippen molar-refractivity contribution >= 4 is 27.3 Å². The molecule has 7 heteroatoms. The predicted molar refractivity (Wildman–Crippen MR) is 79.9 cm³/mol. The zero-order valence-corrected chi connectivity index (χ0v) is 13.0. The number of amides is 1. The molecule has 0 saturated carbocycles. The van der Waals surface area contributed by atoms with Gasteiger partial charge in [0.05, 0.1) is 4.90 Å². The molecule has 2 saturated heterocycles. The van der Waals surface area contributed by atoms with Crippen LogP contribution in [0.25, 0.3) is 0 Å². The summed E-state index contributed by atoms with van der Waals surface area (Å²) in [6.45, 7) is 3.15. The monoisotopic (exact) mass is 328 g/mol. The first-order valence-corrected chi connectivity index (χ1v) is 8.95. The van der Waals surface area contributed by atoms with Crippen LogP contribution in [-0.2, 0) is 14.6 Å². The molecule has 0 spiro atoms. The maximum Gasteiger partial charge on any atom is 0.238 e. The molecule has 0 aliphatic carbocycles. The van der Waals surface area contributed by atoms with Crippen molar-refractivity contribution in [3.63, 3.8) is 0 Å². The zero-order valence-electron chi connectivity index (χ0n) is 11.5. The molecule has 21 heavy (non-hydrogen) atoms. The number of carbonyl (C=O) groups is 1. The molecular weight excluding hydrogens is 312 g/mol. The molecule has 2 atom stereocenters. The van der Waals surface area contributed by atoms with Crippen LogP contribution in [0.15, 0.2) is 29.2 Å². The van der Waals surface area contributed by atoms with E-state index in [9.17, 15) is 13.2 Å². The minimum absolute atomic E-state index is 0.140. The first-order valence-electron chi connectivity index (χ1n) is 6.92. The van der Waals surface area contributed by atoms with Crippen molar-refractivity contribution < 1.29 is 13.2 Å². The lowest BCUT2D eigenvalue weighted by Crippen LogP contribution is -2.36. The number of likely N-dealkylation sites (tertiary alicyclic amines) is 1. The summed E-state index contributed by atoms with van der Waals surface area (Å²) in [4.78, 5) is 14.1. The highest BCUT2D eigenvalue weighted by Crippen LogP contribution is 2.26. The van der Waals surface area contributed by atoms with Crippen LogP contribution in [0.3, 0.4) is 0 Å². The van der Waals surface area contributed by atoms with E-state index in [2.05, 4.69) is 5.32 Å². The van der Waals surface area contributed by atoms with Gasteiger partial charge in [-0.1, -0.05) is 11.6 Å². The summed E-state index contributed by atoms with van der Waals surface area (Å²) in [5, 5.41) is 3.77. The maximum absolute atomic E-state index is 12.3. The second-order valence-corrected chi connectivity index (χ2v) is 8.12. The first kappa shape index (κ1) is 14.8.